The van der Waals surface area contributed by atoms with Crippen LogP contribution in [0.2, 0.25) is 0 Å². The highest BCUT2D eigenvalue weighted by Gasteiger charge is 2.21. The minimum atomic E-state index is -1.07. The fourth-order valence-electron chi connectivity index (χ4n) is 1.72. The number of anilines is 1. The van der Waals surface area contributed by atoms with Crippen LogP contribution in [0, 0.1) is 0 Å². The van der Waals surface area contributed by atoms with Crippen molar-refractivity contribution < 1.29 is 24.2 Å². The molecule has 7 heteroatoms. The van der Waals surface area contributed by atoms with Crippen LogP contribution in [0.3, 0.4) is 0 Å². The van der Waals surface area contributed by atoms with Gasteiger partial charge in [0.15, 0.2) is 0 Å². The predicted molar refractivity (Wildman–Crippen MR) is 78.0 cm³/mol. The van der Waals surface area contributed by atoms with E-state index in [0.29, 0.717) is 17.2 Å². The molecule has 0 saturated carbocycles. The average Bonchev–Trinajstić information content (AvgIpc) is 2.44. The molecular formula is C14H20N2O5. The van der Waals surface area contributed by atoms with E-state index in [1.165, 1.54) is 19.1 Å². The normalized spacial score (nSPS) is 10.1. The number of nitrogens with zero attached hydrogens (tertiary/aromatic N) is 1. The molecule has 2 N–H and O–H groups in total. The van der Waals surface area contributed by atoms with Crippen LogP contribution in [-0.2, 0) is 4.79 Å². The zero-order chi connectivity index (χ0) is 16.0. The maximum Gasteiger partial charge on any atom is 0.323 e. The zero-order valence-electron chi connectivity index (χ0n) is 12.5. The largest absolute Gasteiger partial charge is 0.497 e. The molecule has 1 aromatic carbocycles. The summed E-state index contributed by atoms with van der Waals surface area (Å²) in [7, 11) is 3.00. The number of carbonyl (C=O) groups excluding carboxylic acids is 1. The van der Waals surface area contributed by atoms with Gasteiger partial charge in [-0.1, -0.05) is 0 Å². The maximum absolute atomic E-state index is 12.2. The Bertz CT molecular complexity index is 516. The Balaban J connectivity index is 2.92. The number of nitrogens with one attached hydrogen (secondary N) is 1. The molecule has 1 rings (SSSR count). The number of hydrogen-bond acceptors (Lipinski definition) is 4. The van der Waals surface area contributed by atoms with E-state index in [1.54, 1.807) is 32.0 Å². The molecule has 0 heterocycles. The van der Waals surface area contributed by atoms with Gasteiger partial charge < -0.3 is 24.8 Å². The molecule has 0 aliphatic heterocycles. The Morgan fingerprint density at radius 2 is 1.95 bits per heavy atom. The highest BCUT2D eigenvalue weighted by molar-refractivity contribution is 5.93. The Labute approximate surface area is 123 Å². The van der Waals surface area contributed by atoms with E-state index in [-0.39, 0.29) is 12.6 Å². The van der Waals surface area contributed by atoms with E-state index >= 15 is 0 Å². The third-order valence-electron chi connectivity index (χ3n) is 2.84. The number of hydrogen-bond donors (Lipinski definition) is 2. The number of carboxylic acids is 1. The van der Waals surface area contributed by atoms with E-state index in [2.05, 4.69) is 5.32 Å². The number of urea groups is 1. The predicted octanol–water partition coefficient (Wildman–Crippen LogP) is 2.03. The van der Waals surface area contributed by atoms with Crippen LogP contribution in [-0.4, -0.2) is 48.8 Å². The third kappa shape index (κ3) is 4.55. The maximum atomic E-state index is 12.2. The van der Waals surface area contributed by atoms with Gasteiger partial charge in [-0.15, -0.1) is 0 Å². The Morgan fingerprint density at radius 3 is 2.43 bits per heavy atom. The van der Waals surface area contributed by atoms with Crippen LogP contribution < -0.4 is 14.8 Å². The number of carboxylic acid groups (broad SMARTS) is 1. The van der Waals surface area contributed by atoms with Crippen molar-refractivity contribution in [1.82, 2.24) is 4.90 Å². The molecule has 0 aliphatic carbocycles. The lowest BCUT2D eigenvalue weighted by molar-refractivity contribution is -0.137. The second kappa shape index (κ2) is 7.37. The first-order chi connectivity index (χ1) is 9.88. The van der Waals surface area contributed by atoms with E-state index in [9.17, 15) is 9.59 Å². The van der Waals surface area contributed by atoms with Crippen LogP contribution in [0.25, 0.3) is 0 Å². The molecular weight excluding hydrogens is 276 g/mol. The molecule has 1 aromatic rings. The Kier molecular flexibility index (Phi) is 5.83. The van der Waals surface area contributed by atoms with Gasteiger partial charge in [-0.3, -0.25) is 4.79 Å². The summed E-state index contributed by atoms with van der Waals surface area (Å²) in [6.07, 6.45) is 0. The van der Waals surface area contributed by atoms with Crippen molar-refractivity contribution in [3.63, 3.8) is 0 Å². The molecule has 0 aliphatic rings. The summed E-state index contributed by atoms with van der Waals surface area (Å²) < 4.78 is 10.3. The van der Waals surface area contributed by atoms with E-state index in [1.807, 2.05) is 0 Å². The van der Waals surface area contributed by atoms with Crippen LogP contribution in [0.15, 0.2) is 18.2 Å². The topological polar surface area (TPSA) is 88.1 Å². The minimum Gasteiger partial charge on any atom is -0.497 e. The van der Waals surface area contributed by atoms with Gasteiger partial charge in [-0.2, -0.15) is 0 Å². The molecule has 0 spiro atoms. The molecule has 0 saturated heterocycles. The Morgan fingerprint density at radius 1 is 1.29 bits per heavy atom. The molecule has 0 radical (unpaired) electrons. The zero-order valence-corrected chi connectivity index (χ0v) is 12.5. The SMILES string of the molecule is COc1ccc(NC(=O)N(CC(=O)O)C(C)C)c(OC)c1. The van der Waals surface area contributed by atoms with Crippen molar-refractivity contribution in [1.29, 1.82) is 0 Å². The molecule has 0 atom stereocenters. The molecule has 0 aromatic heterocycles. The van der Waals surface area contributed by atoms with Crippen LogP contribution in [0.5, 0.6) is 11.5 Å². The summed E-state index contributed by atoms with van der Waals surface area (Å²) in [6.45, 7) is 3.11. The van der Waals surface area contributed by atoms with Gasteiger partial charge in [0.2, 0.25) is 0 Å². The van der Waals surface area contributed by atoms with E-state index in [4.69, 9.17) is 14.6 Å². The van der Waals surface area contributed by atoms with Gasteiger partial charge in [0.05, 0.1) is 19.9 Å². The quantitative estimate of drug-likeness (QED) is 0.838. The molecule has 0 bridgehead atoms. The molecule has 0 unspecified atom stereocenters. The lowest BCUT2D eigenvalue weighted by Crippen LogP contribution is -2.43. The summed E-state index contributed by atoms with van der Waals surface area (Å²) in [6, 6.07) is 4.19. The van der Waals surface area contributed by atoms with Crippen molar-refractivity contribution in [2.24, 2.45) is 0 Å². The average molecular weight is 296 g/mol. The van der Waals surface area contributed by atoms with Crippen LogP contribution in [0.4, 0.5) is 10.5 Å². The van der Waals surface area contributed by atoms with Gasteiger partial charge in [0, 0.05) is 12.1 Å². The Hall–Kier alpha value is -2.44. The number of rotatable bonds is 6. The highest BCUT2D eigenvalue weighted by atomic mass is 16.5. The second-order valence-corrected chi connectivity index (χ2v) is 4.61. The van der Waals surface area contributed by atoms with Gasteiger partial charge in [0.25, 0.3) is 0 Å². The minimum absolute atomic E-state index is 0.245. The number of methoxy groups -OCH3 is 2. The first kappa shape index (κ1) is 16.6. The van der Waals surface area contributed by atoms with Gasteiger partial charge in [-0.25, -0.2) is 4.79 Å². The summed E-state index contributed by atoms with van der Waals surface area (Å²) in [5.41, 5.74) is 0.444. The number of amides is 2. The summed E-state index contributed by atoms with van der Waals surface area (Å²) >= 11 is 0. The van der Waals surface area contributed by atoms with E-state index in [0.717, 1.165) is 0 Å². The van der Waals surface area contributed by atoms with Gasteiger partial charge in [0.1, 0.15) is 18.0 Å². The fraction of sp³-hybridized carbons (Fsp3) is 0.429. The fourth-order valence-corrected chi connectivity index (χ4v) is 1.72. The van der Waals surface area contributed by atoms with Crippen molar-refractivity contribution in [3.8, 4) is 11.5 Å². The third-order valence-corrected chi connectivity index (χ3v) is 2.84. The lowest BCUT2D eigenvalue weighted by atomic mass is 10.2. The second-order valence-electron chi connectivity index (χ2n) is 4.61. The first-order valence-electron chi connectivity index (χ1n) is 6.40. The number of carbonyl (C=O) groups is 2. The number of ether oxygens (including phenoxy) is 2. The van der Waals surface area contributed by atoms with Gasteiger partial charge >= 0.3 is 12.0 Å². The molecule has 21 heavy (non-hydrogen) atoms. The first-order valence-corrected chi connectivity index (χ1v) is 6.40. The standard InChI is InChI=1S/C14H20N2O5/c1-9(2)16(8-13(17)18)14(19)15-11-6-5-10(20-3)7-12(11)21-4/h5-7,9H,8H2,1-4H3,(H,15,19)(H,17,18). The van der Waals surface area contributed by atoms with Crippen molar-refractivity contribution in [3.05, 3.63) is 18.2 Å². The molecule has 0 fully saturated rings. The van der Waals surface area contributed by atoms with Crippen LogP contribution in [0.1, 0.15) is 13.8 Å². The lowest BCUT2D eigenvalue weighted by Gasteiger charge is -2.25. The monoisotopic (exact) mass is 296 g/mol. The van der Waals surface area contributed by atoms with Crippen molar-refractivity contribution in [2.75, 3.05) is 26.1 Å². The summed E-state index contributed by atoms with van der Waals surface area (Å²) in [4.78, 5) is 24.2. The molecule has 2 amide bonds. The van der Waals surface area contributed by atoms with Crippen molar-refractivity contribution >= 4 is 17.7 Å². The number of benzene rings is 1. The number of aliphatic carboxylic acids is 1. The van der Waals surface area contributed by atoms with E-state index < -0.39 is 12.0 Å². The highest BCUT2D eigenvalue weighted by Crippen LogP contribution is 2.29. The summed E-state index contributed by atoms with van der Waals surface area (Å²) in [5, 5.41) is 11.5. The smallest absolute Gasteiger partial charge is 0.323 e. The van der Waals surface area contributed by atoms with Crippen LogP contribution >= 0.6 is 0 Å². The molecule has 116 valence electrons. The molecule has 7 nitrogen and oxygen atoms in total. The van der Waals surface area contributed by atoms with Gasteiger partial charge in [-0.05, 0) is 26.0 Å². The van der Waals surface area contributed by atoms with Crippen molar-refractivity contribution in [2.45, 2.75) is 19.9 Å². The summed E-state index contributed by atoms with van der Waals surface area (Å²) in [5.74, 6) is -0.0432.